The van der Waals surface area contributed by atoms with Crippen molar-refractivity contribution in [2.24, 2.45) is 0 Å². The van der Waals surface area contributed by atoms with E-state index in [4.69, 9.17) is 11.6 Å². The van der Waals surface area contributed by atoms with Crippen LogP contribution in [0.2, 0.25) is 5.02 Å². The fourth-order valence-electron chi connectivity index (χ4n) is 2.40. The fraction of sp³-hybridized carbons (Fsp3) is 0. The van der Waals surface area contributed by atoms with Crippen LogP contribution in [0.5, 0.6) is 0 Å². The number of imidazole rings is 1. The zero-order chi connectivity index (χ0) is 16.4. The largest absolute Gasteiger partial charge is 0.345 e. The molecule has 4 aromatic rings. The lowest BCUT2D eigenvalue weighted by molar-refractivity contribution is 1.31. The molecule has 0 saturated carbocycles. The van der Waals surface area contributed by atoms with Crippen LogP contribution in [0.25, 0.3) is 22.6 Å². The maximum atomic E-state index is 6.05. The maximum Gasteiger partial charge on any atom is 0.187 e. The van der Waals surface area contributed by atoms with Gasteiger partial charge < -0.3 is 10.3 Å². The quantitative estimate of drug-likeness (QED) is 0.502. The topological polar surface area (TPSA) is 53.6 Å². The first-order valence-electron chi connectivity index (χ1n) is 7.36. The summed E-state index contributed by atoms with van der Waals surface area (Å²) < 4.78 is 0. The van der Waals surface area contributed by atoms with Crippen LogP contribution in [0.4, 0.5) is 10.8 Å². The molecule has 0 saturated heterocycles. The number of hydrogen-bond donors (Lipinski definition) is 2. The Morgan fingerprint density at radius 1 is 1.04 bits per heavy atom. The third-order valence-corrected chi connectivity index (χ3v) is 4.50. The zero-order valence-electron chi connectivity index (χ0n) is 12.5. The minimum absolute atomic E-state index is 0.709. The summed E-state index contributed by atoms with van der Waals surface area (Å²) in [6, 6.07) is 15.8. The minimum Gasteiger partial charge on any atom is -0.345 e. The van der Waals surface area contributed by atoms with Gasteiger partial charge in [0, 0.05) is 39.6 Å². The number of nitrogens with zero attached hydrogens (tertiary/aromatic N) is 2. The zero-order valence-corrected chi connectivity index (χ0v) is 14.1. The van der Waals surface area contributed by atoms with Crippen LogP contribution in [0.1, 0.15) is 0 Å². The first kappa shape index (κ1) is 14.9. The molecule has 2 aromatic carbocycles. The molecule has 0 amide bonds. The lowest BCUT2D eigenvalue weighted by Gasteiger charge is -2.04. The van der Waals surface area contributed by atoms with Gasteiger partial charge in [-0.25, -0.2) is 9.97 Å². The van der Waals surface area contributed by atoms with Crippen molar-refractivity contribution in [3.05, 3.63) is 71.3 Å². The molecule has 2 N–H and O–H groups in total. The van der Waals surface area contributed by atoms with E-state index >= 15 is 0 Å². The van der Waals surface area contributed by atoms with Gasteiger partial charge in [0.05, 0.1) is 5.69 Å². The SMILES string of the molecule is Clc1cccc(-c2csc(Nc3cccc(-c4ncc[nH]4)c3)n2)c1. The van der Waals surface area contributed by atoms with Crippen molar-refractivity contribution in [2.75, 3.05) is 5.32 Å². The summed E-state index contributed by atoms with van der Waals surface area (Å²) in [4.78, 5) is 12.0. The van der Waals surface area contributed by atoms with E-state index in [1.54, 1.807) is 17.5 Å². The lowest BCUT2D eigenvalue weighted by Crippen LogP contribution is -1.90. The number of aromatic amines is 1. The lowest BCUT2D eigenvalue weighted by atomic mass is 10.2. The summed E-state index contributed by atoms with van der Waals surface area (Å²) in [5.41, 5.74) is 3.91. The highest BCUT2D eigenvalue weighted by Crippen LogP contribution is 2.29. The van der Waals surface area contributed by atoms with E-state index in [1.165, 1.54) is 0 Å². The van der Waals surface area contributed by atoms with E-state index in [0.29, 0.717) is 5.02 Å². The summed E-state index contributed by atoms with van der Waals surface area (Å²) in [5.74, 6) is 0.845. The predicted molar refractivity (Wildman–Crippen MR) is 99.9 cm³/mol. The first-order valence-corrected chi connectivity index (χ1v) is 8.62. The monoisotopic (exact) mass is 352 g/mol. The minimum atomic E-state index is 0.709. The van der Waals surface area contributed by atoms with Crippen molar-refractivity contribution in [1.29, 1.82) is 0 Å². The van der Waals surface area contributed by atoms with E-state index in [2.05, 4.69) is 20.3 Å². The van der Waals surface area contributed by atoms with Crippen LogP contribution in [0.15, 0.2) is 66.3 Å². The van der Waals surface area contributed by atoms with Gasteiger partial charge in [-0.2, -0.15) is 0 Å². The Kier molecular flexibility index (Phi) is 4.02. The molecule has 24 heavy (non-hydrogen) atoms. The van der Waals surface area contributed by atoms with E-state index < -0.39 is 0 Å². The highest BCUT2D eigenvalue weighted by molar-refractivity contribution is 7.14. The Balaban J connectivity index is 1.57. The van der Waals surface area contributed by atoms with Gasteiger partial charge in [0.15, 0.2) is 5.13 Å². The molecule has 4 nitrogen and oxygen atoms in total. The first-order chi connectivity index (χ1) is 11.8. The van der Waals surface area contributed by atoms with Gasteiger partial charge in [0.1, 0.15) is 5.82 Å². The van der Waals surface area contributed by atoms with Crippen LogP contribution in [0.3, 0.4) is 0 Å². The smallest absolute Gasteiger partial charge is 0.187 e. The number of benzene rings is 2. The highest BCUT2D eigenvalue weighted by Gasteiger charge is 2.07. The van der Waals surface area contributed by atoms with Gasteiger partial charge in [-0.1, -0.05) is 35.9 Å². The van der Waals surface area contributed by atoms with Gasteiger partial charge >= 0.3 is 0 Å². The normalized spacial score (nSPS) is 10.7. The van der Waals surface area contributed by atoms with E-state index in [9.17, 15) is 0 Å². The average Bonchev–Trinajstić information content (AvgIpc) is 3.27. The van der Waals surface area contributed by atoms with Crippen LogP contribution < -0.4 is 5.32 Å². The van der Waals surface area contributed by atoms with E-state index in [-0.39, 0.29) is 0 Å². The maximum absolute atomic E-state index is 6.05. The molecule has 0 bridgehead atoms. The molecule has 0 unspecified atom stereocenters. The molecule has 118 valence electrons. The predicted octanol–water partition coefficient (Wildman–Crippen LogP) is 5.60. The molecule has 0 aliphatic rings. The number of thiazole rings is 1. The molecule has 0 spiro atoms. The van der Waals surface area contributed by atoms with Gasteiger partial charge in [-0.3, -0.25) is 0 Å². The van der Waals surface area contributed by atoms with Gasteiger partial charge in [0.25, 0.3) is 0 Å². The number of rotatable bonds is 4. The number of hydrogen-bond acceptors (Lipinski definition) is 4. The van der Waals surface area contributed by atoms with Crippen LogP contribution in [0, 0.1) is 0 Å². The Morgan fingerprint density at radius 3 is 2.75 bits per heavy atom. The number of nitrogens with one attached hydrogen (secondary N) is 2. The summed E-state index contributed by atoms with van der Waals surface area (Å²) in [7, 11) is 0. The Bertz CT molecular complexity index is 963. The summed E-state index contributed by atoms with van der Waals surface area (Å²) in [6.07, 6.45) is 3.56. The summed E-state index contributed by atoms with van der Waals surface area (Å²) in [6.45, 7) is 0. The van der Waals surface area contributed by atoms with Crippen molar-refractivity contribution in [3.8, 4) is 22.6 Å². The van der Waals surface area contributed by atoms with Crippen LogP contribution >= 0.6 is 22.9 Å². The molecule has 2 aromatic heterocycles. The number of halogens is 1. The molecule has 0 atom stereocenters. The molecular formula is C18H13ClN4S. The Morgan fingerprint density at radius 2 is 1.92 bits per heavy atom. The molecule has 0 fully saturated rings. The van der Waals surface area contributed by atoms with Gasteiger partial charge in [-0.15, -0.1) is 11.3 Å². The molecule has 4 rings (SSSR count). The van der Waals surface area contributed by atoms with E-state index in [0.717, 1.165) is 33.5 Å². The standard InChI is InChI=1S/C18H13ClN4S/c19-14-5-1-3-12(9-14)16-11-24-18(23-16)22-15-6-2-4-13(10-15)17-20-7-8-21-17/h1-11H,(H,20,21)(H,22,23). The number of aromatic nitrogens is 3. The second-order valence-electron chi connectivity index (χ2n) is 5.19. The number of H-pyrrole nitrogens is 1. The molecular weight excluding hydrogens is 340 g/mol. The molecule has 2 heterocycles. The van der Waals surface area contributed by atoms with Crippen molar-refractivity contribution >= 4 is 33.8 Å². The molecule has 0 radical (unpaired) electrons. The second-order valence-corrected chi connectivity index (χ2v) is 6.49. The van der Waals surface area contributed by atoms with Crippen molar-refractivity contribution in [1.82, 2.24) is 15.0 Å². The second kappa shape index (κ2) is 6.47. The fourth-order valence-corrected chi connectivity index (χ4v) is 3.33. The Hall–Kier alpha value is -2.63. The van der Waals surface area contributed by atoms with Gasteiger partial charge in [0.2, 0.25) is 0 Å². The highest BCUT2D eigenvalue weighted by atomic mass is 35.5. The van der Waals surface area contributed by atoms with E-state index in [1.807, 2.05) is 60.1 Å². The Labute approximate surface area is 148 Å². The van der Waals surface area contributed by atoms with Crippen molar-refractivity contribution in [3.63, 3.8) is 0 Å². The molecule has 6 heteroatoms. The molecule has 0 aliphatic heterocycles. The van der Waals surface area contributed by atoms with Crippen molar-refractivity contribution < 1.29 is 0 Å². The summed E-state index contributed by atoms with van der Waals surface area (Å²) in [5, 5.41) is 6.91. The average molecular weight is 353 g/mol. The third-order valence-electron chi connectivity index (χ3n) is 3.51. The molecule has 0 aliphatic carbocycles. The van der Waals surface area contributed by atoms with Crippen molar-refractivity contribution in [2.45, 2.75) is 0 Å². The van der Waals surface area contributed by atoms with Crippen LogP contribution in [-0.2, 0) is 0 Å². The van der Waals surface area contributed by atoms with Gasteiger partial charge in [-0.05, 0) is 24.3 Å². The summed E-state index contributed by atoms with van der Waals surface area (Å²) >= 11 is 7.61. The van der Waals surface area contributed by atoms with Crippen LogP contribution in [-0.4, -0.2) is 15.0 Å². The number of anilines is 2. The third kappa shape index (κ3) is 3.18.